The van der Waals surface area contributed by atoms with Gasteiger partial charge in [0, 0.05) is 6.54 Å². The molecule has 0 bridgehead atoms. The van der Waals surface area contributed by atoms with Crippen molar-refractivity contribution in [3.05, 3.63) is 52.9 Å². The van der Waals surface area contributed by atoms with Gasteiger partial charge in [-0.2, -0.15) is 0 Å². The molecule has 0 amide bonds. The predicted octanol–water partition coefficient (Wildman–Crippen LogP) is 1.97. The summed E-state index contributed by atoms with van der Waals surface area (Å²) in [6.07, 6.45) is 0.326. The number of rotatable bonds is 6. The summed E-state index contributed by atoms with van der Waals surface area (Å²) < 4.78 is 26.5. The van der Waals surface area contributed by atoms with Crippen molar-refractivity contribution in [2.75, 3.05) is 6.54 Å². The van der Waals surface area contributed by atoms with Crippen molar-refractivity contribution in [1.82, 2.24) is 4.72 Å². The van der Waals surface area contributed by atoms with E-state index in [9.17, 15) is 13.2 Å². The molecule has 0 aliphatic rings. The first kappa shape index (κ1) is 14.7. The molecule has 0 saturated carbocycles. The van der Waals surface area contributed by atoms with Crippen LogP contribution in [0.3, 0.4) is 0 Å². The lowest BCUT2D eigenvalue weighted by atomic mass is 10.1. The van der Waals surface area contributed by atoms with Gasteiger partial charge in [0.05, 0.1) is 5.56 Å². The quantitative estimate of drug-likeness (QED) is 0.854. The third-order valence-corrected chi connectivity index (χ3v) is 5.55. The fourth-order valence-electron chi connectivity index (χ4n) is 1.75. The van der Waals surface area contributed by atoms with Crippen LogP contribution in [-0.4, -0.2) is 26.0 Å². The molecule has 0 aliphatic carbocycles. The Morgan fingerprint density at radius 1 is 1.20 bits per heavy atom. The maximum atomic E-state index is 11.9. The van der Waals surface area contributed by atoms with Crippen LogP contribution in [0.4, 0.5) is 0 Å². The molecule has 0 spiro atoms. The van der Waals surface area contributed by atoms with E-state index in [1.54, 1.807) is 29.6 Å². The second-order valence-corrected chi connectivity index (χ2v) is 6.98. The van der Waals surface area contributed by atoms with Gasteiger partial charge in [-0.15, -0.1) is 11.3 Å². The Morgan fingerprint density at radius 3 is 2.60 bits per heavy atom. The van der Waals surface area contributed by atoms with E-state index in [-0.39, 0.29) is 16.3 Å². The minimum Gasteiger partial charge on any atom is -0.478 e. The van der Waals surface area contributed by atoms with Gasteiger partial charge in [-0.05, 0) is 29.5 Å². The molecule has 20 heavy (non-hydrogen) atoms. The van der Waals surface area contributed by atoms with E-state index >= 15 is 0 Å². The normalized spacial score (nSPS) is 11.4. The first-order valence-electron chi connectivity index (χ1n) is 5.85. The highest BCUT2D eigenvalue weighted by Crippen LogP contribution is 2.15. The van der Waals surface area contributed by atoms with Crippen molar-refractivity contribution in [2.24, 2.45) is 0 Å². The van der Waals surface area contributed by atoms with E-state index in [1.165, 1.54) is 12.1 Å². The Hall–Kier alpha value is -1.70. The molecule has 7 heteroatoms. The zero-order valence-electron chi connectivity index (χ0n) is 10.4. The van der Waals surface area contributed by atoms with Crippen LogP contribution in [-0.2, 0) is 16.4 Å². The number of carboxylic acid groups (broad SMARTS) is 1. The Bertz CT molecular complexity index is 693. The smallest absolute Gasteiger partial charge is 0.335 e. The summed E-state index contributed by atoms with van der Waals surface area (Å²) in [5.74, 6) is -1.01. The molecule has 2 rings (SSSR count). The number of sulfonamides is 1. The van der Waals surface area contributed by atoms with Crippen LogP contribution in [0.15, 0.2) is 46.0 Å². The van der Waals surface area contributed by atoms with Crippen LogP contribution in [0.5, 0.6) is 0 Å². The molecule has 1 heterocycles. The lowest BCUT2D eigenvalue weighted by molar-refractivity contribution is 0.0695. The standard InChI is InChI=1S/C13H13NO4S2/c15-13(16)11-5-2-1-4-10(11)7-8-14-20(17,18)12-6-3-9-19-12/h1-6,9,14H,7-8H2,(H,15,16). The molecule has 2 aromatic rings. The van der Waals surface area contributed by atoms with Crippen LogP contribution in [0, 0.1) is 0 Å². The average Bonchev–Trinajstić information content (AvgIpc) is 2.93. The minimum atomic E-state index is -3.50. The van der Waals surface area contributed by atoms with Crippen molar-refractivity contribution in [1.29, 1.82) is 0 Å². The lowest BCUT2D eigenvalue weighted by Crippen LogP contribution is -2.25. The van der Waals surface area contributed by atoms with Gasteiger partial charge < -0.3 is 5.11 Å². The summed E-state index contributed by atoms with van der Waals surface area (Å²) in [5.41, 5.74) is 0.803. The van der Waals surface area contributed by atoms with Gasteiger partial charge in [-0.1, -0.05) is 24.3 Å². The molecule has 0 atom stereocenters. The molecule has 0 radical (unpaired) electrons. The summed E-state index contributed by atoms with van der Waals surface area (Å²) >= 11 is 1.14. The van der Waals surface area contributed by atoms with Gasteiger partial charge in [0.2, 0.25) is 10.0 Å². The third-order valence-electron chi connectivity index (χ3n) is 2.69. The summed E-state index contributed by atoms with van der Waals surface area (Å²) in [6.45, 7) is 0.157. The topological polar surface area (TPSA) is 83.5 Å². The molecule has 0 aliphatic heterocycles. The highest BCUT2D eigenvalue weighted by molar-refractivity contribution is 7.91. The van der Waals surface area contributed by atoms with Crippen LogP contribution in [0.2, 0.25) is 0 Å². The molecule has 106 valence electrons. The third kappa shape index (κ3) is 3.44. The molecular weight excluding hydrogens is 298 g/mol. The molecule has 0 saturated heterocycles. The number of aromatic carboxylic acids is 1. The summed E-state index contributed by atoms with van der Waals surface area (Å²) in [4.78, 5) is 11.0. The molecule has 0 fully saturated rings. The van der Waals surface area contributed by atoms with Crippen molar-refractivity contribution in [3.63, 3.8) is 0 Å². The van der Waals surface area contributed by atoms with Crippen molar-refractivity contribution in [2.45, 2.75) is 10.6 Å². The summed E-state index contributed by atoms with van der Waals surface area (Å²) in [5, 5.41) is 10.7. The maximum Gasteiger partial charge on any atom is 0.335 e. The molecule has 1 aromatic carbocycles. The van der Waals surface area contributed by atoms with Crippen LogP contribution in [0.1, 0.15) is 15.9 Å². The lowest BCUT2D eigenvalue weighted by Gasteiger charge is -2.07. The summed E-state index contributed by atoms with van der Waals surface area (Å²) in [7, 11) is -3.50. The predicted molar refractivity (Wildman–Crippen MR) is 76.6 cm³/mol. The van der Waals surface area contributed by atoms with Crippen LogP contribution < -0.4 is 4.72 Å². The van der Waals surface area contributed by atoms with Gasteiger partial charge in [0.25, 0.3) is 0 Å². The van der Waals surface area contributed by atoms with Gasteiger partial charge in [-0.3, -0.25) is 0 Å². The van der Waals surface area contributed by atoms with E-state index in [1.807, 2.05) is 0 Å². The second kappa shape index (κ2) is 6.17. The number of carbonyl (C=O) groups is 1. The van der Waals surface area contributed by atoms with Gasteiger partial charge in [-0.25, -0.2) is 17.9 Å². The Labute approximate surface area is 120 Å². The monoisotopic (exact) mass is 311 g/mol. The molecule has 1 aromatic heterocycles. The van der Waals surface area contributed by atoms with Crippen molar-refractivity contribution in [3.8, 4) is 0 Å². The van der Waals surface area contributed by atoms with E-state index in [2.05, 4.69) is 4.72 Å². The number of carboxylic acids is 1. The van der Waals surface area contributed by atoms with Crippen LogP contribution >= 0.6 is 11.3 Å². The SMILES string of the molecule is O=C(O)c1ccccc1CCNS(=O)(=O)c1cccs1. The zero-order chi connectivity index (χ0) is 14.6. The first-order valence-corrected chi connectivity index (χ1v) is 8.21. The fourth-order valence-corrected chi connectivity index (χ4v) is 3.82. The van der Waals surface area contributed by atoms with Gasteiger partial charge >= 0.3 is 5.97 Å². The van der Waals surface area contributed by atoms with Crippen LogP contribution in [0.25, 0.3) is 0 Å². The van der Waals surface area contributed by atoms with Gasteiger partial charge in [0.15, 0.2) is 0 Å². The highest BCUT2D eigenvalue weighted by atomic mass is 32.2. The molecule has 5 nitrogen and oxygen atoms in total. The Kier molecular flexibility index (Phi) is 4.53. The Balaban J connectivity index is 2.02. The van der Waals surface area contributed by atoms with Gasteiger partial charge in [0.1, 0.15) is 4.21 Å². The first-order chi connectivity index (χ1) is 9.50. The zero-order valence-corrected chi connectivity index (χ0v) is 12.1. The van der Waals surface area contributed by atoms with Crippen molar-refractivity contribution >= 4 is 27.3 Å². The molecular formula is C13H13NO4S2. The summed E-state index contributed by atoms with van der Waals surface area (Å²) in [6, 6.07) is 9.75. The number of hydrogen-bond donors (Lipinski definition) is 2. The van der Waals surface area contributed by atoms with Crippen molar-refractivity contribution < 1.29 is 18.3 Å². The second-order valence-electron chi connectivity index (χ2n) is 4.04. The minimum absolute atomic E-state index is 0.157. The Morgan fingerprint density at radius 2 is 1.95 bits per heavy atom. The van der Waals surface area contributed by atoms with E-state index in [4.69, 9.17) is 5.11 Å². The maximum absolute atomic E-state index is 11.9. The van der Waals surface area contributed by atoms with E-state index in [0.717, 1.165) is 11.3 Å². The number of nitrogens with one attached hydrogen (secondary N) is 1. The number of benzene rings is 1. The largest absolute Gasteiger partial charge is 0.478 e. The molecule has 2 N–H and O–H groups in total. The fraction of sp³-hybridized carbons (Fsp3) is 0.154. The average molecular weight is 311 g/mol. The van der Waals surface area contributed by atoms with E-state index in [0.29, 0.717) is 12.0 Å². The highest BCUT2D eigenvalue weighted by Gasteiger charge is 2.15. The van der Waals surface area contributed by atoms with E-state index < -0.39 is 16.0 Å². The molecule has 0 unspecified atom stereocenters. The number of hydrogen-bond acceptors (Lipinski definition) is 4. The number of thiophene rings is 1.